The van der Waals surface area contributed by atoms with Crippen molar-refractivity contribution in [2.45, 2.75) is 17.1 Å². The van der Waals surface area contributed by atoms with E-state index in [1.165, 1.54) is 34.4 Å². The number of rotatable bonds is 7. The molecule has 0 fully saturated rings. The second kappa shape index (κ2) is 10.3. The number of benzene rings is 2. The molecule has 9 heteroatoms. The third-order valence-corrected chi connectivity index (χ3v) is 7.49. The van der Waals surface area contributed by atoms with E-state index in [1.54, 1.807) is 6.07 Å². The fourth-order valence-electron chi connectivity index (χ4n) is 2.81. The van der Waals surface area contributed by atoms with Crippen molar-refractivity contribution in [3.05, 3.63) is 81.3 Å². The zero-order chi connectivity index (χ0) is 22.5. The van der Waals surface area contributed by atoms with Crippen LogP contribution in [0.5, 0.6) is 0 Å². The summed E-state index contributed by atoms with van der Waals surface area (Å²) in [7, 11) is 0. The molecule has 1 unspecified atom stereocenters. The molecule has 2 aromatic heterocycles. The fraction of sp³-hybridized carbons (Fsp3) is 0.0870. The van der Waals surface area contributed by atoms with E-state index in [0.29, 0.717) is 20.7 Å². The van der Waals surface area contributed by atoms with Crippen LogP contribution in [0.4, 0.5) is 10.8 Å². The topological polar surface area (TPSA) is 71.1 Å². The van der Waals surface area contributed by atoms with Gasteiger partial charge < -0.3 is 10.6 Å². The van der Waals surface area contributed by atoms with Gasteiger partial charge in [-0.05, 0) is 48.7 Å². The number of thioether (sulfide) groups is 1. The van der Waals surface area contributed by atoms with Crippen molar-refractivity contribution in [1.29, 1.82) is 0 Å². The van der Waals surface area contributed by atoms with E-state index >= 15 is 0 Å². The first-order valence-electron chi connectivity index (χ1n) is 9.62. The highest BCUT2D eigenvalue weighted by Crippen LogP contribution is 2.31. The number of carbonyl (C=O) groups excluding carboxylic acids is 2. The normalized spacial score (nSPS) is 11.7. The molecule has 1 atom stereocenters. The molecule has 2 N–H and O–H groups in total. The zero-order valence-electron chi connectivity index (χ0n) is 16.9. The van der Waals surface area contributed by atoms with Crippen LogP contribution < -0.4 is 10.6 Å². The molecule has 4 rings (SSSR count). The molecule has 2 amide bonds. The Morgan fingerprint density at radius 3 is 2.50 bits per heavy atom. The Morgan fingerprint density at radius 2 is 1.78 bits per heavy atom. The van der Waals surface area contributed by atoms with Gasteiger partial charge in [0.05, 0.1) is 15.8 Å². The predicted molar refractivity (Wildman–Crippen MR) is 135 cm³/mol. The lowest BCUT2D eigenvalue weighted by molar-refractivity contribution is -0.115. The summed E-state index contributed by atoms with van der Waals surface area (Å²) in [5.74, 6) is -0.266. The Labute approximate surface area is 202 Å². The maximum atomic E-state index is 12.6. The number of thiazole rings is 1. The molecule has 0 aliphatic rings. The number of anilines is 2. The van der Waals surface area contributed by atoms with E-state index < -0.39 is 0 Å². The van der Waals surface area contributed by atoms with Crippen LogP contribution >= 0.6 is 46.0 Å². The van der Waals surface area contributed by atoms with E-state index in [1.807, 2.05) is 72.3 Å². The van der Waals surface area contributed by atoms with Crippen LogP contribution in [0.25, 0.3) is 11.3 Å². The van der Waals surface area contributed by atoms with Crippen molar-refractivity contribution in [3.8, 4) is 11.3 Å². The van der Waals surface area contributed by atoms with Gasteiger partial charge in [-0.2, -0.15) is 0 Å². The smallest absolute Gasteiger partial charge is 0.265 e. The molecule has 2 aromatic carbocycles. The van der Waals surface area contributed by atoms with E-state index in [4.69, 9.17) is 11.6 Å². The Kier molecular flexibility index (Phi) is 7.26. The zero-order valence-corrected chi connectivity index (χ0v) is 20.1. The predicted octanol–water partition coefficient (Wildman–Crippen LogP) is 6.90. The van der Waals surface area contributed by atoms with Gasteiger partial charge in [0.25, 0.3) is 5.91 Å². The molecule has 0 aliphatic carbocycles. The number of halogens is 1. The van der Waals surface area contributed by atoms with Gasteiger partial charge in [0.1, 0.15) is 0 Å². The lowest BCUT2D eigenvalue weighted by Gasteiger charge is -2.11. The van der Waals surface area contributed by atoms with E-state index in [-0.39, 0.29) is 17.1 Å². The van der Waals surface area contributed by atoms with Crippen LogP contribution in [0.2, 0.25) is 5.02 Å². The first-order valence-corrected chi connectivity index (χ1v) is 12.6. The van der Waals surface area contributed by atoms with Gasteiger partial charge in [0.15, 0.2) is 5.13 Å². The molecule has 5 nitrogen and oxygen atoms in total. The average molecular weight is 500 g/mol. The Hall–Kier alpha value is -2.65. The summed E-state index contributed by atoms with van der Waals surface area (Å²) in [6.07, 6.45) is 0. The number of nitrogens with one attached hydrogen (secondary N) is 2. The summed E-state index contributed by atoms with van der Waals surface area (Å²) in [5.41, 5.74) is 2.27. The summed E-state index contributed by atoms with van der Waals surface area (Å²) >= 11 is 10.4. The molecule has 0 bridgehead atoms. The lowest BCUT2D eigenvalue weighted by Crippen LogP contribution is -2.22. The number of carbonyl (C=O) groups is 2. The van der Waals surface area contributed by atoms with Gasteiger partial charge in [0.2, 0.25) is 5.91 Å². The molecule has 0 saturated heterocycles. The van der Waals surface area contributed by atoms with Crippen LogP contribution in [0.3, 0.4) is 0 Å². The maximum Gasteiger partial charge on any atom is 0.265 e. The summed E-state index contributed by atoms with van der Waals surface area (Å²) in [4.78, 5) is 30.8. The van der Waals surface area contributed by atoms with E-state index in [9.17, 15) is 9.59 Å². The minimum absolute atomic E-state index is 0.132. The van der Waals surface area contributed by atoms with Gasteiger partial charge in [-0.3, -0.25) is 9.59 Å². The van der Waals surface area contributed by atoms with Crippen LogP contribution in [-0.2, 0) is 4.79 Å². The lowest BCUT2D eigenvalue weighted by atomic mass is 10.2. The highest BCUT2D eigenvalue weighted by Gasteiger charge is 2.17. The Balaban J connectivity index is 1.33. The molecule has 0 saturated carbocycles. The molecule has 2 heterocycles. The molecule has 32 heavy (non-hydrogen) atoms. The van der Waals surface area contributed by atoms with Crippen LogP contribution in [0.1, 0.15) is 16.6 Å². The SMILES string of the molecule is CC(Sc1ccc(NC(=O)c2cccs2)cc1)C(=O)Nc1nc(-c2ccccc2Cl)cs1. The highest BCUT2D eigenvalue weighted by atomic mass is 35.5. The Bertz CT molecular complexity index is 1220. The molecular weight excluding hydrogens is 482 g/mol. The third-order valence-electron chi connectivity index (χ3n) is 4.42. The van der Waals surface area contributed by atoms with Gasteiger partial charge in [0, 0.05) is 26.5 Å². The van der Waals surface area contributed by atoms with Crippen molar-refractivity contribution in [1.82, 2.24) is 4.98 Å². The van der Waals surface area contributed by atoms with Crippen LogP contribution in [0.15, 0.2) is 76.3 Å². The second-order valence-corrected chi connectivity index (χ2v) is 10.4. The summed E-state index contributed by atoms with van der Waals surface area (Å²) < 4.78 is 0. The van der Waals surface area contributed by atoms with Crippen LogP contribution in [0, 0.1) is 0 Å². The van der Waals surface area contributed by atoms with Gasteiger partial charge >= 0.3 is 0 Å². The molecule has 4 aromatic rings. The van der Waals surface area contributed by atoms with Crippen LogP contribution in [-0.4, -0.2) is 22.0 Å². The number of aromatic nitrogens is 1. The fourth-order valence-corrected chi connectivity index (χ4v) is 5.24. The Morgan fingerprint density at radius 1 is 1.00 bits per heavy atom. The standard InChI is InChI=1S/C23H18ClN3O2S3/c1-14(21(28)27-23-26-19(13-31-23)17-5-2-3-6-18(17)24)32-16-10-8-15(9-11-16)25-22(29)20-7-4-12-30-20/h2-14H,1H3,(H,25,29)(H,26,27,28). The van der Waals surface area contributed by atoms with Crippen molar-refractivity contribution >= 4 is 68.7 Å². The number of hydrogen-bond donors (Lipinski definition) is 2. The largest absolute Gasteiger partial charge is 0.321 e. The van der Waals surface area contributed by atoms with Gasteiger partial charge in [-0.25, -0.2) is 4.98 Å². The van der Waals surface area contributed by atoms with Crippen molar-refractivity contribution in [2.75, 3.05) is 10.6 Å². The quantitative estimate of drug-likeness (QED) is 0.271. The molecule has 0 spiro atoms. The van der Waals surface area contributed by atoms with Crippen molar-refractivity contribution in [3.63, 3.8) is 0 Å². The average Bonchev–Trinajstić information content (AvgIpc) is 3.48. The van der Waals surface area contributed by atoms with E-state index in [0.717, 1.165) is 16.2 Å². The highest BCUT2D eigenvalue weighted by molar-refractivity contribution is 8.00. The molecule has 0 aliphatic heterocycles. The molecule has 162 valence electrons. The minimum atomic E-state index is -0.325. The molecular formula is C23H18ClN3O2S3. The van der Waals surface area contributed by atoms with Gasteiger partial charge in [-0.1, -0.05) is 35.9 Å². The van der Waals surface area contributed by atoms with Crippen molar-refractivity contribution < 1.29 is 9.59 Å². The van der Waals surface area contributed by atoms with Gasteiger partial charge in [-0.15, -0.1) is 34.4 Å². The maximum absolute atomic E-state index is 12.6. The third kappa shape index (κ3) is 5.58. The first-order chi connectivity index (χ1) is 15.5. The number of nitrogens with zero attached hydrogens (tertiary/aromatic N) is 1. The van der Waals surface area contributed by atoms with E-state index in [2.05, 4.69) is 15.6 Å². The molecule has 0 radical (unpaired) electrons. The summed E-state index contributed by atoms with van der Waals surface area (Å²) in [6, 6.07) is 18.5. The second-order valence-electron chi connectivity index (χ2n) is 6.72. The first kappa shape index (κ1) is 22.5. The number of hydrogen-bond acceptors (Lipinski definition) is 6. The minimum Gasteiger partial charge on any atom is -0.321 e. The number of amides is 2. The van der Waals surface area contributed by atoms with Crippen molar-refractivity contribution in [2.24, 2.45) is 0 Å². The number of thiophene rings is 1. The monoisotopic (exact) mass is 499 g/mol. The summed E-state index contributed by atoms with van der Waals surface area (Å²) in [6.45, 7) is 1.84. The summed E-state index contributed by atoms with van der Waals surface area (Å²) in [5, 5.41) is 10.3.